The second-order valence-electron chi connectivity index (χ2n) is 4.56. The van der Waals surface area contributed by atoms with Gasteiger partial charge in [0.05, 0.1) is 6.61 Å². The van der Waals surface area contributed by atoms with E-state index < -0.39 is 0 Å². The molecule has 2 amide bonds. The van der Waals surface area contributed by atoms with Crippen molar-refractivity contribution < 1.29 is 14.7 Å². The maximum atomic E-state index is 12.3. The summed E-state index contributed by atoms with van der Waals surface area (Å²) < 4.78 is 0. The fourth-order valence-corrected chi connectivity index (χ4v) is 1.95. The summed E-state index contributed by atoms with van der Waals surface area (Å²) >= 11 is 0. The van der Waals surface area contributed by atoms with Gasteiger partial charge >= 0.3 is 0 Å². The number of carbonyl (C=O) groups is 2. The van der Waals surface area contributed by atoms with Crippen LogP contribution >= 0.6 is 0 Å². The Morgan fingerprint density at radius 2 is 1.95 bits per heavy atom. The van der Waals surface area contributed by atoms with Gasteiger partial charge in [0.25, 0.3) is 5.91 Å². The highest BCUT2D eigenvalue weighted by molar-refractivity contribution is 5.94. The zero-order valence-corrected chi connectivity index (χ0v) is 11.8. The van der Waals surface area contributed by atoms with Gasteiger partial charge in [-0.25, -0.2) is 0 Å². The minimum atomic E-state index is -0.0900. The van der Waals surface area contributed by atoms with Gasteiger partial charge in [-0.15, -0.1) is 0 Å². The van der Waals surface area contributed by atoms with Crippen LogP contribution < -0.4 is 5.32 Å². The summed E-state index contributed by atoms with van der Waals surface area (Å²) in [7, 11) is 0. The van der Waals surface area contributed by atoms with Crippen molar-refractivity contribution in [2.75, 3.05) is 25.0 Å². The number of hydrogen-bond acceptors (Lipinski definition) is 3. The van der Waals surface area contributed by atoms with Crippen LogP contribution in [0.15, 0.2) is 24.3 Å². The van der Waals surface area contributed by atoms with Crippen LogP contribution in [0.25, 0.3) is 0 Å². The van der Waals surface area contributed by atoms with Gasteiger partial charge in [0.2, 0.25) is 6.41 Å². The van der Waals surface area contributed by atoms with Crippen LogP contribution in [-0.2, 0) is 4.79 Å². The normalized spacial score (nSPS) is 10.1. The minimum absolute atomic E-state index is 0.0390. The van der Waals surface area contributed by atoms with Gasteiger partial charge in [0, 0.05) is 24.3 Å². The lowest BCUT2D eigenvalue weighted by Crippen LogP contribution is -2.34. The van der Waals surface area contributed by atoms with Crippen LogP contribution in [0.4, 0.5) is 5.69 Å². The highest BCUT2D eigenvalue weighted by Gasteiger charge is 2.14. The molecule has 5 heteroatoms. The van der Waals surface area contributed by atoms with Crippen molar-refractivity contribution in [1.29, 1.82) is 0 Å². The van der Waals surface area contributed by atoms with Crippen molar-refractivity contribution in [2.45, 2.75) is 26.2 Å². The van der Waals surface area contributed by atoms with Gasteiger partial charge in [-0.2, -0.15) is 0 Å². The average molecular weight is 278 g/mol. The molecular weight excluding hydrogens is 256 g/mol. The number of nitrogens with zero attached hydrogens (tertiary/aromatic N) is 1. The summed E-state index contributed by atoms with van der Waals surface area (Å²) in [6, 6.07) is 6.73. The third-order valence-electron chi connectivity index (χ3n) is 3.05. The Kier molecular flexibility index (Phi) is 7.35. The molecule has 0 aliphatic rings. The first kappa shape index (κ1) is 16.2. The van der Waals surface area contributed by atoms with E-state index in [-0.39, 0.29) is 12.5 Å². The Labute approximate surface area is 119 Å². The first-order valence-electron chi connectivity index (χ1n) is 6.93. The number of hydrogen-bond donors (Lipinski definition) is 2. The van der Waals surface area contributed by atoms with Crippen molar-refractivity contribution in [2.24, 2.45) is 0 Å². The van der Waals surface area contributed by atoms with E-state index in [2.05, 4.69) is 12.2 Å². The molecule has 0 radical (unpaired) electrons. The second kappa shape index (κ2) is 9.09. The van der Waals surface area contributed by atoms with Crippen LogP contribution in [0.2, 0.25) is 0 Å². The van der Waals surface area contributed by atoms with Gasteiger partial charge in [-0.1, -0.05) is 19.8 Å². The topological polar surface area (TPSA) is 69.6 Å². The highest BCUT2D eigenvalue weighted by Crippen LogP contribution is 2.11. The number of benzene rings is 1. The molecule has 0 aromatic heterocycles. The molecule has 0 saturated heterocycles. The van der Waals surface area contributed by atoms with Crippen molar-refractivity contribution in [1.82, 2.24) is 4.90 Å². The predicted octanol–water partition coefficient (Wildman–Crippen LogP) is 1.88. The smallest absolute Gasteiger partial charge is 0.253 e. The Balaban J connectivity index is 2.69. The number of rotatable bonds is 9. The second-order valence-corrected chi connectivity index (χ2v) is 4.56. The SMILES string of the molecule is CCCCCN(CCO)C(=O)c1ccc(NC=O)cc1. The lowest BCUT2D eigenvalue weighted by atomic mass is 10.1. The lowest BCUT2D eigenvalue weighted by molar-refractivity contribution is -0.105. The van der Waals surface area contributed by atoms with Gasteiger partial charge in [-0.05, 0) is 30.7 Å². The lowest BCUT2D eigenvalue weighted by Gasteiger charge is -2.21. The maximum absolute atomic E-state index is 12.3. The van der Waals surface area contributed by atoms with E-state index >= 15 is 0 Å². The van der Waals surface area contributed by atoms with Gasteiger partial charge in [-0.3, -0.25) is 9.59 Å². The van der Waals surface area contributed by atoms with Crippen molar-refractivity contribution in [3.63, 3.8) is 0 Å². The molecule has 2 N–H and O–H groups in total. The highest BCUT2D eigenvalue weighted by atomic mass is 16.3. The molecule has 0 atom stereocenters. The molecule has 20 heavy (non-hydrogen) atoms. The predicted molar refractivity (Wildman–Crippen MR) is 78.6 cm³/mol. The summed E-state index contributed by atoms with van der Waals surface area (Å²) in [6.07, 6.45) is 3.69. The van der Waals surface area contributed by atoms with E-state index in [0.29, 0.717) is 30.8 Å². The molecule has 0 aliphatic carbocycles. The number of anilines is 1. The third-order valence-corrected chi connectivity index (χ3v) is 3.05. The largest absolute Gasteiger partial charge is 0.395 e. The molecule has 1 rings (SSSR count). The van der Waals surface area contributed by atoms with E-state index in [0.717, 1.165) is 19.3 Å². The summed E-state index contributed by atoms with van der Waals surface area (Å²) in [4.78, 5) is 24.3. The van der Waals surface area contributed by atoms with Crippen LogP contribution in [0.5, 0.6) is 0 Å². The Morgan fingerprint density at radius 1 is 1.25 bits per heavy atom. The molecule has 0 heterocycles. The van der Waals surface area contributed by atoms with Crippen LogP contribution in [0, 0.1) is 0 Å². The van der Waals surface area contributed by atoms with Gasteiger partial charge in [0.15, 0.2) is 0 Å². The van der Waals surface area contributed by atoms with Crippen LogP contribution in [0.3, 0.4) is 0 Å². The first-order chi connectivity index (χ1) is 9.72. The molecule has 0 spiro atoms. The molecule has 0 saturated carbocycles. The summed E-state index contributed by atoms with van der Waals surface area (Å²) in [5, 5.41) is 11.6. The molecular formula is C15H22N2O3. The average Bonchev–Trinajstić information content (AvgIpc) is 2.47. The minimum Gasteiger partial charge on any atom is -0.395 e. The number of aliphatic hydroxyl groups is 1. The van der Waals surface area contributed by atoms with Crippen LogP contribution in [0.1, 0.15) is 36.5 Å². The fraction of sp³-hybridized carbons (Fsp3) is 0.467. The van der Waals surface area contributed by atoms with E-state index in [4.69, 9.17) is 5.11 Å². The molecule has 1 aromatic rings. The number of unbranched alkanes of at least 4 members (excludes halogenated alkanes) is 2. The maximum Gasteiger partial charge on any atom is 0.253 e. The van der Waals surface area contributed by atoms with Gasteiger partial charge in [0.1, 0.15) is 0 Å². The molecule has 0 aliphatic heterocycles. The Hall–Kier alpha value is -1.88. The Morgan fingerprint density at radius 3 is 2.50 bits per heavy atom. The standard InChI is InChI=1S/C15H22N2O3/c1-2-3-4-9-17(10-11-18)15(20)13-5-7-14(8-6-13)16-12-19/h5-8,12,18H,2-4,9-11H2,1H3,(H,16,19). The number of aliphatic hydroxyl groups excluding tert-OH is 1. The third kappa shape index (κ3) is 5.01. The van der Waals surface area contributed by atoms with Gasteiger partial charge < -0.3 is 15.3 Å². The zero-order valence-electron chi connectivity index (χ0n) is 11.8. The summed E-state index contributed by atoms with van der Waals surface area (Å²) in [5.74, 6) is -0.0900. The quantitative estimate of drug-likeness (QED) is 0.535. The molecule has 1 aromatic carbocycles. The number of amides is 2. The number of nitrogens with one attached hydrogen (secondary N) is 1. The molecule has 0 fully saturated rings. The monoisotopic (exact) mass is 278 g/mol. The van der Waals surface area contributed by atoms with E-state index in [1.165, 1.54) is 0 Å². The van der Waals surface area contributed by atoms with Crippen molar-refractivity contribution in [3.8, 4) is 0 Å². The summed E-state index contributed by atoms with van der Waals surface area (Å²) in [5.41, 5.74) is 1.21. The molecule has 0 unspecified atom stereocenters. The van der Waals surface area contributed by atoms with Crippen LogP contribution in [-0.4, -0.2) is 42.0 Å². The Bertz CT molecular complexity index is 418. The van der Waals surface area contributed by atoms with E-state index in [1.807, 2.05) is 0 Å². The zero-order chi connectivity index (χ0) is 14.8. The molecule has 0 bridgehead atoms. The van der Waals surface area contributed by atoms with Crippen molar-refractivity contribution >= 4 is 18.0 Å². The van der Waals surface area contributed by atoms with E-state index in [9.17, 15) is 9.59 Å². The van der Waals surface area contributed by atoms with E-state index in [1.54, 1.807) is 29.2 Å². The fourth-order valence-electron chi connectivity index (χ4n) is 1.95. The first-order valence-corrected chi connectivity index (χ1v) is 6.93. The number of carbonyl (C=O) groups excluding carboxylic acids is 2. The molecule has 110 valence electrons. The summed E-state index contributed by atoms with van der Waals surface area (Å²) in [6.45, 7) is 3.07. The molecule has 5 nitrogen and oxygen atoms in total. The van der Waals surface area contributed by atoms with Crippen molar-refractivity contribution in [3.05, 3.63) is 29.8 Å².